The average molecular weight is 298 g/mol. The van der Waals surface area contributed by atoms with Gasteiger partial charge in [-0.05, 0) is 25.1 Å². The molecule has 2 aromatic rings. The minimum Gasteiger partial charge on any atom is -0.494 e. The van der Waals surface area contributed by atoms with Gasteiger partial charge in [-0.15, -0.1) is 0 Å². The van der Waals surface area contributed by atoms with Gasteiger partial charge in [0.15, 0.2) is 0 Å². The van der Waals surface area contributed by atoms with Crippen LogP contribution in [0.5, 0.6) is 17.2 Å². The molecule has 0 saturated heterocycles. The van der Waals surface area contributed by atoms with Crippen molar-refractivity contribution in [1.82, 2.24) is 0 Å². The maximum Gasteiger partial charge on any atom is 0.146 e. The average Bonchev–Trinajstić information content (AvgIpc) is 2.32. The molecule has 19 heavy (non-hydrogen) atoms. The summed E-state index contributed by atoms with van der Waals surface area (Å²) < 4.78 is 11.1. The summed E-state index contributed by atoms with van der Waals surface area (Å²) in [6.45, 7) is 2.46. The van der Waals surface area contributed by atoms with Crippen molar-refractivity contribution >= 4 is 28.9 Å². The zero-order chi connectivity index (χ0) is 13.8. The molecule has 0 fully saturated rings. The lowest BCUT2D eigenvalue weighted by Gasteiger charge is -2.11. The fourth-order valence-corrected chi connectivity index (χ4v) is 2.03. The van der Waals surface area contributed by atoms with Crippen molar-refractivity contribution in [2.75, 3.05) is 12.3 Å². The van der Waals surface area contributed by atoms with Gasteiger partial charge in [-0.1, -0.05) is 23.2 Å². The largest absolute Gasteiger partial charge is 0.494 e. The van der Waals surface area contributed by atoms with Crippen molar-refractivity contribution < 1.29 is 9.47 Å². The van der Waals surface area contributed by atoms with Crippen molar-refractivity contribution in [3.05, 3.63) is 46.4 Å². The van der Waals surface area contributed by atoms with Gasteiger partial charge in [0, 0.05) is 28.9 Å². The Hall–Kier alpha value is -1.58. The summed E-state index contributed by atoms with van der Waals surface area (Å²) in [6, 6.07) is 10.2. The van der Waals surface area contributed by atoms with E-state index in [-0.39, 0.29) is 0 Å². The topological polar surface area (TPSA) is 44.5 Å². The molecule has 2 rings (SSSR count). The normalized spacial score (nSPS) is 10.3. The minimum atomic E-state index is 0.438. The second-order valence-electron chi connectivity index (χ2n) is 3.85. The second kappa shape index (κ2) is 6.04. The molecule has 0 aromatic heterocycles. The van der Waals surface area contributed by atoms with Crippen molar-refractivity contribution in [2.45, 2.75) is 6.92 Å². The first kappa shape index (κ1) is 13.8. The molecule has 0 saturated carbocycles. The van der Waals surface area contributed by atoms with Crippen molar-refractivity contribution in [1.29, 1.82) is 0 Å². The standard InChI is InChI=1S/C14H13Cl2NO2/c1-2-18-11-6-10(17)7-12(8-11)19-14-4-3-9(15)5-13(14)16/h3-8H,2,17H2,1H3. The smallest absolute Gasteiger partial charge is 0.146 e. The van der Waals surface area contributed by atoms with Gasteiger partial charge >= 0.3 is 0 Å². The molecule has 0 aliphatic heterocycles. The molecule has 0 spiro atoms. The van der Waals surface area contributed by atoms with Gasteiger partial charge in [0.25, 0.3) is 0 Å². The number of nitrogens with two attached hydrogens (primary N) is 1. The van der Waals surface area contributed by atoms with E-state index < -0.39 is 0 Å². The highest BCUT2D eigenvalue weighted by Gasteiger charge is 2.06. The Bertz CT molecular complexity index is 588. The number of benzene rings is 2. The van der Waals surface area contributed by atoms with E-state index in [1.165, 1.54) is 0 Å². The third-order valence-corrected chi connectivity index (χ3v) is 2.87. The van der Waals surface area contributed by atoms with E-state index in [9.17, 15) is 0 Å². The van der Waals surface area contributed by atoms with E-state index in [1.807, 2.05) is 6.92 Å². The summed E-state index contributed by atoms with van der Waals surface area (Å²) in [6.07, 6.45) is 0. The monoisotopic (exact) mass is 297 g/mol. The van der Waals surface area contributed by atoms with Crippen molar-refractivity contribution in [3.8, 4) is 17.2 Å². The lowest BCUT2D eigenvalue weighted by Crippen LogP contribution is -1.95. The van der Waals surface area contributed by atoms with E-state index in [0.29, 0.717) is 39.6 Å². The van der Waals surface area contributed by atoms with E-state index in [0.717, 1.165) is 0 Å². The van der Waals surface area contributed by atoms with Gasteiger partial charge < -0.3 is 15.2 Å². The summed E-state index contributed by atoms with van der Waals surface area (Å²) in [4.78, 5) is 0. The Kier molecular flexibility index (Phi) is 4.40. The molecule has 0 bridgehead atoms. The van der Waals surface area contributed by atoms with Crippen LogP contribution >= 0.6 is 23.2 Å². The van der Waals surface area contributed by atoms with Crippen LogP contribution < -0.4 is 15.2 Å². The zero-order valence-corrected chi connectivity index (χ0v) is 11.8. The lowest BCUT2D eigenvalue weighted by atomic mass is 10.3. The second-order valence-corrected chi connectivity index (χ2v) is 4.69. The number of ether oxygens (including phenoxy) is 2. The van der Waals surface area contributed by atoms with Crippen LogP contribution in [0.4, 0.5) is 5.69 Å². The highest BCUT2D eigenvalue weighted by Crippen LogP contribution is 2.34. The molecule has 2 aromatic carbocycles. The third kappa shape index (κ3) is 3.69. The third-order valence-electron chi connectivity index (χ3n) is 2.34. The van der Waals surface area contributed by atoms with Gasteiger partial charge in [-0.2, -0.15) is 0 Å². The summed E-state index contributed by atoms with van der Waals surface area (Å²) in [7, 11) is 0. The fourth-order valence-electron chi connectivity index (χ4n) is 1.59. The number of halogens is 2. The maximum absolute atomic E-state index is 6.05. The van der Waals surface area contributed by atoms with Crippen LogP contribution in [0.3, 0.4) is 0 Å². The molecule has 5 heteroatoms. The summed E-state index contributed by atoms with van der Waals surface area (Å²) in [5.41, 5.74) is 6.35. The maximum atomic E-state index is 6.05. The van der Waals surface area contributed by atoms with Crippen LogP contribution in [0.2, 0.25) is 10.0 Å². The predicted octanol–water partition coefficient (Wildman–Crippen LogP) is 4.77. The van der Waals surface area contributed by atoms with Gasteiger partial charge in [-0.3, -0.25) is 0 Å². The highest BCUT2D eigenvalue weighted by molar-refractivity contribution is 6.35. The molecular weight excluding hydrogens is 285 g/mol. The number of nitrogen functional groups attached to an aromatic ring is 1. The molecule has 0 radical (unpaired) electrons. The Morgan fingerprint density at radius 2 is 1.79 bits per heavy atom. The van der Waals surface area contributed by atoms with E-state index in [2.05, 4.69) is 0 Å². The first-order valence-electron chi connectivity index (χ1n) is 5.74. The van der Waals surface area contributed by atoms with E-state index in [4.69, 9.17) is 38.4 Å². The van der Waals surface area contributed by atoms with E-state index in [1.54, 1.807) is 36.4 Å². The molecule has 0 heterocycles. The molecule has 3 nitrogen and oxygen atoms in total. The van der Waals surface area contributed by atoms with Crippen LogP contribution in [0.25, 0.3) is 0 Å². The molecule has 2 N–H and O–H groups in total. The predicted molar refractivity (Wildman–Crippen MR) is 78.6 cm³/mol. The SMILES string of the molecule is CCOc1cc(N)cc(Oc2ccc(Cl)cc2Cl)c1. The highest BCUT2D eigenvalue weighted by atomic mass is 35.5. The Morgan fingerprint density at radius 3 is 2.47 bits per heavy atom. The zero-order valence-electron chi connectivity index (χ0n) is 10.3. The summed E-state index contributed by atoms with van der Waals surface area (Å²) in [5, 5.41) is 0.993. The Morgan fingerprint density at radius 1 is 1.05 bits per heavy atom. The Balaban J connectivity index is 2.27. The Labute approximate surface area is 121 Å². The number of hydrogen-bond donors (Lipinski definition) is 1. The molecular formula is C14H13Cl2NO2. The van der Waals surface area contributed by atoms with Crippen LogP contribution in [0.15, 0.2) is 36.4 Å². The lowest BCUT2D eigenvalue weighted by molar-refractivity contribution is 0.338. The summed E-state index contributed by atoms with van der Waals surface area (Å²) >= 11 is 11.9. The first-order chi connectivity index (χ1) is 9.08. The van der Waals surface area contributed by atoms with Crippen molar-refractivity contribution in [3.63, 3.8) is 0 Å². The number of anilines is 1. The minimum absolute atomic E-state index is 0.438. The quantitative estimate of drug-likeness (QED) is 0.827. The molecule has 0 aliphatic rings. The number of hydrogen-bond acceptors (Lipinski definition) is 3. The molecule has 0 aliphatic carbocycles. The van der Waals surface area contributed by atoms with Crippen LogP contribution in [-0.4, -0.2) is 6.61 Å². The van der Waals surface area contributed by atoms with Crippen LogP contribution in [-0.2, 0) is 0 Å². The van der Waals surface area contributed by atoms with Crippen molar-refractivity contribution in [2.24, 2.45) is 0 Å². The van der Waals surface area contributed by atoms with Gasteiger partial charge in [0.1, 0.15) is 17.2 Å². The summed E-state index contributed by atoms with van der Waals surface area (Å²) in [5.74, 6) is 1.73. The molecule has 0 unspecified atom stereocenters. The van der Waals surface area contributed by atoms with Gasteiger partial charge in [0.05, 0.1) is 11.6 Å². The molecule has 100 valence electrons. The van der Waals surface area contributed by atoms with Gasteiger partial charge in [-0.25, -0.2) is 0 Å². The fraction of sp³-hybridized carbons (Fsp3) is 0.143. The van der Waals surface area contributed by atoms with Gasteiger partial charge in [0.2, 0.25) is 0 Å². The van der Waals surface area contributed by atoms with Crippen LogP contribution in [0, 0.1) is 0 Å². The van der Waals surface area contributed by atoms with Crippen LogP contribution in [0.1, 0.15) is 6.92 Å². The first-order valence-corrected chi connectivity index (χ1v) is 6.50. The molecule has 0 atom stereocenters. The number of rotatable bonds is 4. The van der Waals surface area contributed by atoms with E-state index >= 15 is 0 Å². The molecule has 0 amide bonds.